The SMILES string of the molecule is Fc1ccc(F)c(C[C@@H]2CCCN2)c1. The van der Waals surface area contributed by atoms with Crippen LogP contribution >= 0.6 is 0 Å². The van der Waals surface area contributed by atoms with E-state index in [-0.39, 0.29) is 11.6 Å². The van der Waals surface area contributed by atoms with Gasteiger partial charge in [0.2, 0.25) is 0 Å². The lowest BCUT2D eigenvalue weighted by molar-refractivity contribution is 0.549. The fraction of sp³-hybridized carbons (Fsp3) is 0.455. The highest BCUT2D eigenvalue weighted by Crippen LogP contribution is 2.16. The van der Waals surface area contributed by atoms with Gasteiger partial charge in [0.1, 0.15) is 11.6 Å². The highest BCUT2D eigenvalue weighted by molar-refractivity contribution is 5.20. The Labute approximate surface area is 82.1 Å². The summed E-state index contributed by atoms with van der Waals surface area (Å²) in [6.45, 7) is 0.988. The van der Waals surface area contributed by atoms with Crippen LogP contribution in [-0.4, -0.2) is 12.6 Å². The Morgan fingerprint density at radius 1 is 1.36 bits per heavy atom. The second-order valence-electron chi connectivity index (χ2n) is 3.73. The summed E-state index contributed by atoms with van der Waals surface area (Å²) in [5.41, 5.74) is 0.476. The minimum Gasteiger partial charge on any atom is -0.314 e. The van der Waals surface area contributed by atoms with Crippen molar-refractivity contribution in [2.75, 3.05) is 6.54 Å². The molecule has 76 valence electrons. The number of rotatable bonds is 2. The molecule has 0 aliphatic carbocycles. The average Bonchev–Trinajstić information content (AvgIpc) is 2.64. The fourth-order valence-electron chi connectivity index (χ4n) is 1.90. The van der Waals surface area contributed by atoms with Crippen molar-refractivity contribution >= 4 is 0 Å². The van der Waals surface area contributed by atoms with E-state index >= 15 is 0 Å². The minimum atomic E-state index is -0.362. The van der Waals surface area contributed by atoms with Gasteiger partial charge in [-0.1, -0.05) is 0 Å². The van der Waals surface area contributed by atoms with E-state index in [1.165, 1.54) is 12.1 Å². The van der Waals surface area contributed by atoms with E-state index in [2.05, 4.69) is 5.32 Å². The topological polar surface area (TPSA) is 12.0 Å². The van der Waals surface area contributed by atoms with Gasteiger partial charge in [-0.15, -0.1) is 0 Å². The van der Waals surface area contributed by atoms with Crippen LogP contribution < -0.4 is 5.32 Å². The molecule has 1 aromatic rings. The van der Waals surface area contributed by atoms with Crippen molar-refractivity contribution in [3.63, 3.8) is 0 Å². The number of hydrogen-bond acceptors (Lipinski definition) is 1. The van der Waals surface area contributed by atoms with Crippen molar-refractivity contribution in [2.45, 2.75) is 25.3 Å². The van der Waals surface area contributed by atoms with Crippen molar-refractivity contribution in [1.29, 1.82) is 0 Å². The summed E-state index contributed by atoms with van der Waals surface area (Å²) in [4.78, 5) is 0. The van der Waals surface area contributed by atoms with Crippen LogP contribution in [0.1, 0.15) is 18.4 Å². The third-order valence-corrected chi connectivity index (χ3v) is 2.64. The van der Waals surface area contributed by atoms with Gasteiger partial charge in [-0.05, 0) is 49.6 Å². The Balaban J connectivity index is 2.10. The first kappa shape index (κ1) is 9.59. The fourth-order valence-corrected chi connectivity index (χ4v) is 1.90. The lowest BCUT2D eigenvalue weighted by Crippen LogP contribution is -2.24. The monoisotopic (exact) mass is 197 g/mol. The summed E-state index contributed by atoms with van der Waals surface area (Å²) in [5.74, 6) is -0.667. The molecule has 1 fully saturated rings. The Morgan fingerprint density at radius 2 is 2.21 bits per heavy atom. The molecule has 2 rings (SSSR count). The zero-order chi connectivity index (χ0) is 9.97. The lowest BCUT2D eigenvalue weighted by atomic mass is 10.0. The Hall–Kier alpha value is -0.960. The molecule has 0 spiro atoms. The van der Waals surface area contributed by atoms with E-state index in [0.717, 1.165) is 25.5 Å². The van der Waals surface area contributed by atoms with Crippen molar-refractivity contribution in [1.82, 2.24) is 5.32 Å². The van der Waals surface area contributed by atoms with E-state index < -0.39 is 0 Å². The maximum Gasteiger partial charge on any atom is 0.126 e. The van der Waals surface area contributed by atoms with Gasteiger partial charge >= 0.3 is 0 Å². The first-order valence-corrected chi connectivity index (χ1v) is 4.93. The van der Waals surface area contributed by atoms with Crippen LogP contribution in [0.4, 0.5) is 8.78 Å². The third kappa shape index (κ3) is 2.10. The molecule has 3 heteroatoms. The minimum absolute atomic E-state index is 0.305. The standard InChI is InChI=1S/C11H13F2N/c12-9-3-4-11(13)8(6-9)7-10-2-1-5-14-10/h3-4,6,10,14H,1-2,5,7H2/t10-/m0/s1. The predicted molar refractivity (Wildman–Crippen MR) is 51.1 cm³/mol. The summed E-state index contributed by atoms with van der Waals surface area (Å²) in [5, 5.41) is 3.26. The molecule has 1 N–H and O–H groups in total. The molecule has 1 heterocycles. The van der Waals surface area contributed by atoms with Gasteiger partial charge in [0.15, 0.2) is 0 Å². The van der Waals surface area contributed by atoms with Crippen molar-refractivity contribution < 1.29 is 8.78 Å². The summed E-state index contributed by atoms with van der Waals surface area (Å²) in [7, 11) is 0. The zero-order valence-electron chi connectivity index (χ0n) is 7.89. The molecule has 0 amide bonds. The van der Waals surface area contributed by atoms with Crippen molar-refractivity contribution in [3.8, 4) is 0 Å². The Kier molecular flexibility index (Phi) is 2.77. The molecule has 1 aliphatic heterocycles. The van der Waals surface area contributed by atoms with Gasteiger partial charge in [0.05, 0.1) is 0 Å². The number of benzene rings is 1. The van der Waals surface area contributed by atoms with Gasteiger partial charge in [0, 0.05) is 6.04 Å². The average molecular weight is 197 g/mol. The quantitative estimate of drug-likeness (QED) is 0.766. The smallest absolute Gasteiger partial charge is 0.126 e. The second kappa shape index (κ2) is 4.05. The predicted octanol–water partition coefficient (Wildman–Crippen LogP) is 2.26. The molecule has 1 aliphatic rings. The second-order valence-corrected chi connectivity index (χ2v) is 3.73. The van der Waals surface area contributed by atoms with Gasteiger partial charge in [-0.25, -0.2) is 8.78 Å². The van der Waals surface area contributed by atoms with E-state index in [1.54, 1.807) is 0 Å². The first-order valence-electron chi connectivity index (χ1n) is 4.93. The van der Waals surface area contributed by atoms with E-state index in [0.29, 0.717) is 18.0 Å². The van der Waals surface area contributed by atoms with E-state index in [1.807, 2.05) is 0 Å². The molecular weight excluding hydrogens is 184 g/mol. The molecule has 0 saturated carbocycles. The number of halogens is 2. The molecule has 0 unspecified atom stereocenters. The third-order valence-electron chi connectivity index (χ3n) is 2.64. The van der Waals surface area contributed by atoms with Crippen LogP contribution in [0.3, 0.4) is 0 Å². The summed E-state index contributed by atoms with van der Waals surface area (Å²) in [6, 6.07) is 3.95. The number of nitrogens with one attached hydrogen (secondary N) is 1. The van der Waals surface area contributed by atoms with Crippen LogP contribution in [-0.2, 0) is 6.42 Å². The molecule has 1 atom stereocenters. The van der Waals surface area contributed by atoms with Crippen molar-refractivity contribution in [2.24, 2.45) is 0 Å². The van der Waals surface area contributed by atoms with E-state index in [9.17, 15) is 8.78 Å². The molecule has 1 nitrogen and oxygen atoms in total. The van der Waals surface area contributed by atoms with Crippen LogP contribution in [0.5, 0.6) is 0 Å². The van der Waals surface area contributed by atoms with Crippen LogP contribution in [0, 0.1) is 11.6 Å². The molecule has 1 saturated heterocycles. The van der Waals surface area contributed by atoms with Gasteiger partial charge in [0.25, 0.3) is 0 Å². The first-order chi connectivity index (χ1) is 6.75. The highest BCUT2D eigenvalue weighted by atomic mass is 19.1. The number of hydrogen-bond donors (Lipinski definition) is 1. The Morgan fingerprint density at radius 3 is 2.93 bits per heavy atom. The van der Waals surface area contributed by atoms with E-state index in [4.69, 9.17) is 0 Å². The molecule has 0 radical (unpaired) electrons. The molecule has 1 aromatic carbocycles. The van der Waals surface area contributed by atoms with Gasteiger partial charge in [-0.2, -0.15) is 0 Å². The lowest BCUT2D eigenvalue weighted by Gasteiger charge is -2.10. The van der Waals surface area contributed by atoms with Crippen LogP contribution in [0.25, 0.3) is 0 Å². The normalized spacial score (nSPS) is 21.4. The highest BCUT2D eigenvalue weighted by Gasteiger charge is 2.16. The Bertz CT molecular complexity index is 319. The summed E-state index contributed by atoms with van der Waals surface area (Å²) in [6.07, 6.45) is 2.77. The maximum absolute atomic E-state index is 13.2. The van der Waals surface area contributed by atoms with Crippen LogP contribution in [0.15, 0.2) is 18.2 Å². The molecular formula is C11H13F2N. The van der Waals surface area contributed by atoms with Crippen molar-refractivity contribution in [3.05, 3.63) is 35.4 Å². The van der Waals surface area contributed by atoms with Gasteiger partial charge < -0.3 is 5.32 Å². The zero-order valence-corrected chi connectivity index (χ0v) is 7.89. The van der Waals surface area contributed by atoms with Crippen LogP contribution in [0.2, 0.25) is 0 Å². The summed E-state index contributed by atoms with van der Waals surface area (Å²) >= 11 is 0. The molecule has 0 aromatic heterocycles. The molecule has 0 bridgehead atoms. The maximum atomic E-state index is 13.2. The largest absolute Gasteiger partial charge is 0.314 e. The van der Waals surface area contributed by atoms with Gasteiger partial charge in [-0.3, -0.25) is 0 Å². The summed E-state index contributed by atoms with van der Waals surface area (Å²) < 4.78 is 26.1. The molecule has 14 heavy (non-hydrogen) atoms.